The standard InChI is InChI=1S/C23H33N5O2S/c1-18(21(29)26-14-8-3-4-9-15-26)31-23-25-24-22(27-16-10-5-11-17-27)28(23)19-12-6-7-13-20(19)30-2/h6-7,12-13,18H,3-5,8-11,14-17H2,1-2H3. The molecule has 0 radical (unpaired) electrons. The van der Waals surface area contributed by atoms with Crippen LogP contribution in [0.3, 0.4) is 0 Å². The van der Waals surface area contributed by atoms with Gasteiger partial charge in [-0.2, -0.15) is 0 Å². The van der Waals surface area contributed by atoms with Crippen LogP contribution in [0.15, 0.2) is 29.4 Å². The minimum Gasteiger partial charge on any atom is -0.495 e. The molecule has 4 rings (SSSR count). The number of thioether (sulfide) groups is 1. The highest BCUT2D eigenvalue weighted by atomic mass is 32.2. The van der Waals surface area contributed by atoms with Gasteiger partial charge >= 0.3 is 0 Å². The summed E-state index contributed by atoms with van der Waals surface area (Å²) >= 11 is 1.49. The van der Waals surface area contributed by atoms with Crippen LogP contribution in [-0.2, 0) is 4.79 Å². The SMILES string of the molecule is COc1ccccc1-n1c(SC(C)C(=O)N2CCCCCC2)nnc1N1CCCCC1. The highest BCUT2D eigenvalue weighted by Crippen LogP contribution is 2.34. The third kappa shape index (κ3) is 5.00. The number of benzene rings is 1. The molecule has 0 spiro atoms. The van der Waals surface area contributed by atoms with Gasteiger partial charge in [-0.3, -0.25) is 9.36 Å². The molecule has 1 amide bonds. The second kappa shape index (κ2) is 10.4. The molecule has 0 aliphatic carbocycles. The fourth-order valence-corrected chi connectivity index (χ4v) is 5.36. The van der Waals surface area contributed by atoms with Crippen molar-refractivity contribution in [2.24, 2.45) is 0 Å². The number of rotatable bonds is 6. The van der Waals surface area contributed by atoms with Crippen LogP contribution >= 0.6 is 11.8 Å². The highest BCUT2D eigenvalue weighted by Gasteiger charge is 2.28. The molecule has 0 bridgehead atoms. The lowest BCUT2D eigenvalue weighted by Crippen LogP contribution is -2.37. The smallest absolute Gasteiger partial charge is 0.235 e. The Bertz CT molecular complexity index is 873. The van der Waals surface area contributed by atoms with Crippen molar-refractivity contribution in [3.05, 3.63) is 24.3 Å². The van der Waals surface area contributed by atoms with Crippen molar-refractivity contribution in [2.75, 3.05) is 38.2 Å². The molecule has 0 N–H and O–H groups in total. The zero-order valence-corrected chi connectivity index (χ0v) is 19.4. The topological polar surface area (TPSA) is 63.5 Å². The van der Waals surface area contributed by atoms with Crippen molar-refractivity contribution in [1.29, 1.82) is 0 Å². The molecular formula is C23H33N5O2S. The van der Waals surface area contributed by atoms with E-state index in [1.165, 1.54) is 31.0 Å². The zero-order valence-electron chi connectivity index (χ0n) is 18.6. The monoisotopic (exact) mass is 443 g/mol. The molecule has 31 heavy (non-hydrogen) atoms. The molecule has 2 fully saturated rings. The molecule has 2 aliphatic rings. The largest absolute Gasteiger partial charge is 0.495 e. The first-order valence-electron chi connectivity index (χ1n) is 11.5. The Labute approximate surface area is 189 Å². The molecule has 7 nitrogen and oxygen atoms in total. The molecule has 2 aromatic rings. The van der Waals surface area contributed by atoms with Crippen molar-refractivity contribution < 1.29 is 9.53 Å². The molecule has 8 heteroatoms. The third-order valence-electron chi connectivity index (χ3n) is 6.13. The lowest BCUT2D eigenvalue weighted by atomic mass is 10.1. The number of hydrogen-bond acceptors (Lipinski definition) is 6. The fraction of sp³-hybridized carbons (Fsp3) is 0.609. The number of piperidine rings is 1. The minimum absolute atomic E-state index is 0.195. The van der Waals surface area contributed by atoms with Gasteiger partial charge in [-0.05, 0) is 51.2 Å². The maximum Gasteiger partial charge on any atom is 0.235 e. The number of methoxy groups -OCH3 is 1. The number of amides is 1. The van der Waals surface area contributed by atoms with E-state index in [-0.39, 0.29) is 11.2 Å². The van der Waals surface area contributed by atoms with Crippen LogP contribution in [-0.4, -0.2) is 64.1 Å². The summed E-state index contributed by atoms with van der Waals surface area (Å²) < 4.78 is 7.72. The number of carbonyl (C=O) groups excluding carboxylic acids is 1. The first-order chi connectivity index (χ1) is 15.2. The van der Waals surface area contributed by atoms with Crippen molar-refractivity contribution in [1.82, 2.24) is 19.7 Å². The molecule has 3 heterocycles. The molecule has 168 valence electrons. The number of hydrogen-bond donors (Lipinski definition) is 0. The van der Waals surface area contributed by atoms with Crippen LogP contribution in [0.5, 0.6) is 5.75 Å². The fourth-order valence-electron chi connectivity index (χ4n) is 4.42. The Balaban J connectivity index is 1.64. The molecule has 0 saturated carbocycles. The van der Waals surface area contributed by atoms with E-state index < -0.39 is 0 Å². The van der Waals surface area contributed by atoms with E-state index in [0.717, 1.165) is 74.4 Å². The first-order valence-corrected chi connectivity index (χ1v) is 12.4. The first kappa shape index (κ1) is 22.0. The van der Waals surface area contributed by atoms with Gasteiger partial charge < -0.3 is 14.5 Å². The Morgan fingerprint density at radius 2 is 1.61 bits per heavy atom. The Hall–Kier alpha value is -2.22. The summed E-state index contributed by atoms with van der Waals surface area (Å²) in [4.78, 5) is 17.5. The van der Waals surface area contributed by atoms with Gasteiger partial charge in [0.05, 0.1) is 18.0 Å². The Morgan fingerprint density at radius 3 is 2.32 bits per heavy atom. The van der Waals surface area contributed by atoms with Crippen LogP contribution < -0.4 is 9.64 Å². The minimum atomic E-state index is -0.218. The maximum absolute atomic E-state index is 13.1. The van der Waals surface area contributed by atoms with Gasteiger partial charge in [0.2, 0.25) is 11.9 Å². The van der Waals surface area contributed by atoms with Crippen LogP contribution in [0.25, 0.3) is 5.69 Å². The summed E-state index contributed by atoms with van der Waals surface area (Å²) in [6.45, 7) is 5.66. The van der Waals surface area contributed by atoms with Gasteiger partial charge in [-0.1, -0.05) is 36.7 Å². The predicted molar refractivity (Wildman–Crippen MR) is 124 cm³/mol. The Morgan fingerprint density at radius 1 is 0.968 bits per heavy atom. The van der Waals surface area contributed by atoms with Crippen molar-refractivity contribution in [3.63, 3.8) is 0 Å². The van der Waals surface area contributed by atoms with Gasteiger partial charge in [0, 0.05) is 26.2 Å². The van der Waals surface area contributed by atoms with E-state index in [1.54, 1.807) is 7.11 Å². The summed E-state index contributed by atoms with van der Waals surface area (Å²) in [7, 11) is 1.68. The number of anilines is 1. The summed E-state index contributed by atoms with van der Waals surface area (Å²) in [5.41, 5.74) is 0.910. The summed E-state index contributed by atoms with van der Waals surface area (Å²) in [6, 6.07) is 7.94. The van der Waals surface area contributed by atoms with E-state index >= 15 is 0 Å². The molecule has 1 aromatic carbocycles. The lowest BCUT2D eigenvalue weighted by Gasteiger charge is -2.28. The average molecular weight is 444 g/mol. The van der Waals surface area contributed by atoms with Crippen molar-refractivity contribution in [2.45, 2.75) is 62.3 Å². The number of nitrogens with zero attached hydrogens (tertiary/aromatic N) is 5. The van der Waals surface area contributed by atoms with Crippen molar-refractivity contribution in [3.8, 4) is 11.4 Å². The average Bonchev–Trinajstić information content (AvgIpc) is 3.03. The van der Waals surface area contributed by atoms with E-state index in [2.05, 4.69) is 19.7 Å². The molecular weight excluding hydrogens is 410 g/mol. The molecule has 2 saturated heterocycles. The highest BCUT2D eigenvalue weighted by molar-refractivity contribution is 8.00. The van der Waals surface area contributed by atoms with Crippen LogP contribution in [0.1, 0.15) is 51.9 Å². The molecule has 2 aliphatic heterocycles. The van der Waals surface area contributed by atoms with Gasteiger partial charge in [-0.15, -0.1) is 10.2 Å². The lowest BCUT2D eigenvalue weighted by molar-refractivity contribution is -0.130. The van der Waals surface area contributed by atoms with Gasteiger partial charge in [0.25, 0.3) is 0 Å². The molecule has 1 unspecified atom stereocenters. The van der Waals surface area contributed by atoms with Crippen LogP contribution in [0, 0.1) is 0 Å². The molecule has 1 aromatic heterocycles. The number of ether oxygens (including phenoxy) is 1. The predicted octanol–water partition coefficient (Wildman–Crippen LogP) is 4.15. The number of carbonyl (C=O) groups is 1. The third-order valence-corrected chi connectivity index (χ3v) is 7.16. The quantitative estimate of drug-likeness (QED) is 0.625. The number of para-hydroxylation sites is 2. The summed E-state index contributed by atoms with van der Waals surface area (Å²) in [5, 5.41) is 9.63. The zero-order chi connectivity index (χ0) is 21.6. The second-order valence-corrected chi connectivity index (χ2v) is 9.65. The van der Waals surface area contributed by atoms with Gasteiger partial charge in [0.15, 0.2) is 5.16 Å². The van der Waals surface area contributed by atoms with Gasteiger partial charge in [-0.25, -0.2) is 0 Å². The second-order valence-electron chi connectivity index (χ2n) is 8.34. The number of aromatic nitrogens is 3. The van der Waals surface area contributed by atoms with E-state index in [1.807, 2.05) is 36.1 Å². The van der Waals surface area contributed by atoms with Crippen molar-refractivity contribution >= 4 is 23.6 Å². The maximum atomic E-state index is 13.1. The normalized spacial score (nSPS) is 18.5. The van der Waals surface area contributed by atoms with E-state index in [9.17, 15) is 4.79 Å². The Kier molecular flexibility index (Phi) is 7.37. The number of likely N-dealkylation sites (tertiary alicyclic amines) is 1. The van der Waals surface area contributed by atoms with Crippen LogP contribution in [0.4, 0.5) is 5.95 Å². The molecule has 1 atom stereocenters. The van der Waals surface area contributed by atoms with Crippen LogP contribution in [0.2, 0.25) is 0 Å². The summed E-state index contributed by atoms with van der Waals surface area (Å²) in [5.74, 6) is 1.80. The van der Waals surface area contributed by atoms with E-state index in [0.29, 0.717) is 0 Å². The summed E-state index contributed by atoms with van der Waals surface area (Å²) in [6.07, 6.45) is 8.19. The van der Waals surface area contributed by atoms with Gasteiger partial charge in [0.1, 0.15) is 5.75 Å². The van der Waals surface area contributed by atoms with E-state index in [4.69, 9.17) is 4.74 Å².